The van der Waals surface area contributed by atoms with Crippen LogP contribution in [0.15, 0.2) is 42.7 Å². The van der Waals surface area contributed by atoms with Gasteiger partial charge in [0.05, 0.1) is 12.2 Å². The van der Waals surface area contributed by atoms with Crippen LogP contribution in [0.5, 0.6) is 0 Å². The number of nitrogens with zero attached hydrogens (tertiary/aromatic N) is 2. The molecule has 1 aromatic heterocycles. The average Bonchev–Trinajstić information content (AvgIpc) is 2.38. The average molecular weight is 241 g/mol. The molecule has 2 rings (SSSR count). The van der Waals surface area contributed by atoms with Crippen molar-refractivity contribution in [3.63, 3.8) is 0 Å². The molecule has 1 heterocycles. The van der Waals surface area contributed by atoms with Crippen molar-refractivity contribution < 1.29 is 0 Å². The van der Waals surface area contributed by atoms with Gasteiger partial charge in [0.2, 0.25) is 0 Å². The van der Waals surface area contributed by atoms with Gasteiger partial charge in [0.25, 0.3) is 0 Å². The molecule has 1 aromatic carbocycles. The molecule has 0 radical (unpaired) electrons. The van der Waals surface area contributed by atoms with Gasteiger partial charge in [0.15, 0.2) is 0 Å². The van der Waals surface area contributed by atoms with Crippen molar-refractivity contribution >= 4 is 0 Å². The van der Waals surface area contributed by atoms with Crippen molar-refractivity contribution in [3.05, 3.63) is 59.4 Å². The standard InChI is InChI=1S/C15H19N3/c1-11(2)8-12-4-3-5-13(9-12)15(16)14-6-7-17-18-10-14/h3-7,9-11,15H,8,16H2,1-2H3. The van der Waals surface area contributed by atoms with Crippen LogP contribution in [0.1, 0.15) is 36.6 Å². The molecule has 0 fully saturated rings. The van der Waals surface area contributed by atoms with Crippen LogP contribution >= 0.6 is 0 Å². The summed E-state index contributed by atoms with van der Waals surface area (Å²) in [5, 5.41) is 7.64. The van der Waals surface area contributed by atoms with Gasteiger partial charge in [-0.1, -0.05) is 38.1 Å². The Morgan fingerprint density at radius 3 is 2.61 bits per heavy atom. The van der Waals surface area contributed by atoms with Crippen molar-refractivity contribution in [1.82, 2.24) is 10.2 Å². The Morgan fingerprint density at radius 2 is 1.94 bits per heavy atom. The van der Waals surface area contributed by atoms with Crippen LogP contribution in [0.25, 0.3) is 0 Å². The number of rotatable bonds is 4. The summed E-state index contributed by atoms with van der Waals surface area (Å²) in [6, 6.07) is 10.3. The molecule has 3 nitrogen and oxygen atoms in total. The lowest BCUT2D eigenvalue weighted by atomic mass is 9.96. The summed E-state index contributed by atoms with van der Waals surface area (Å²) in [6.45, 7) is 4.44. The first kappa shape index (κ1) is 12.7. The molecule has 1 unspecified atom stereocenters. The highest BCUT2D eigenvalue weighted by atomic mass is 15.1. The van der Waals surface area contributed by atoms with Gasteiger partial charge >= 0.3 is 0 Å². The summed E-state index contributed by atoms with van der Waals surface area (Å²) in [5.74, 6) is 0.652. The second kappa shape index (κ2) is 5.74. The van der Waals surface area contributed by atoms with Crippen molar-refractivity contribution in [2.24, 2.45) is 11.7 Å². The third-order valence-corrected chi connectivity index (χ3v) is 2.92. The second-order valence-corrected chi connectivity index (χ2v) is 5.00. The van der Waals surface area contributed by atoms with Gasteiger partial charge in [-0.15, -0.1) is 0 Å². The number of nitrogens with two attached hydrogens (primary N) is 1. The second-order valence-electron chi connectivity index (χ2n) is 5.00. The third-order valence-electron chi connectivity index (χ3n) is 2.92. The Morgan fingerprint density at radius 1 is 1.11 bits per heavy atom. The predicted molar refractivity (Wildman–Crippen MR) is 73.0 cm³/mol. The van der Waals surface area contributed by atoms with E-state index in [1.54, 1.807) is 12.4 Å². The molecule has 1 atom stereocenters. The fourth-order valence-electron chi connectivity index (χ4n) is 2.06. The fourth-order valence-corrected chi connectivity index (χ4v) is 2.06. The van der Waals surface area contributed by atoms with Crippen molar-refractivity contribution in [3.8, 4) is 0 Å². The van der Waals surface area contributed by atoms with E-state index in [1.165, 1.54) is 5.56 Å². The minimum Gasteiger partial charge on any atom is -0.320 e. The molecule has 2 aromatic rings. The minimum atomic E-state index is -0.132. The first-order valence-electron chi connectivity index (χ1n) is 6.28. The van der Waals surface area contributed by atoms with E-state index in [0.717, 1.165) is 17.5 Å². The zero-order chi connectivity index (χ0) is 13.0. The highest BCUT2D eigenvalue weighted by Gasteiger charge is 2.09. The lowest BCUT2D eigenvalue weighted by molar-refractivity contribution is 0.646. The normalized spacial score (nSPS) is 12.7. The summed E-state index contributed by atoms with van der Waals surface area (Å²) < 4.78 is 0. The zero-order valence-electron chi connectivity index (χ0n) is 10.9. The summed E-state index contributed by atoms with van der Waals surface area (Å²) in [6.07, 6.45) is 4.47. The van der Waals surface area contributed by atoms with Crippen LogP contribution in [-0.2, 0) is 6.42 Å². The van der Waals surface area contributed by atoms with Gasteiger partial charge < -0.3 is 5.73 Å². The van der Waals surface area contributed by atoms with E-state index >= 15 is 0 Å². The van der Waals surface area contributed by atoms with Crippen LogP contribution in [0.2, 0.25) is 0 Å². The third kappa shape index (κ3) is 3.14. The summed E-state index contributed by atoms with van der Waals surface area (Å²) in [7, 11) is 0. The van der Waals surface area contributed by atoms with E-state index in [0.29, 0.717) is 5.92 Å². The monoisotopic (exact) mass is 241 g/mol. The zero-order valence-corrected chi connectivity index (χ0v) is 10.9. The molecule has 3 heteroatoms. The van der Waals surface area contributed by atoms with Gasteiger partial charge in [0.1, 0.15) is 0 Å². The van der Waals surface area contributed by atoms with E-state index in [4.69, 9.17) is 5.73 Å². The van der Waals surface area contributed by atoms with Crippen LogP contribution in [0.3, 0.4) is 0 Å². The minimum absolute atomic E-state index is 0.132. The molecule has 0 saturated heterocycles. The van der Waals surface area contributed by atoms with E-state index in [-0.39, 0.29) is 6.04 Å². The largest absolute Gasteiger partial charge is 0.320 e. The van der Waals surface area contributed by atoms with Crippen LogP contribution in [0, 0.1) is 5.92 Å². The molecule has 0 spiro atoms. The number of hydrogen-bond acceptors (Lipinski definition) is 3. The Kier molecular flexibility index (Phi) is 4.05. The first-order chi connectivity index (χ1) is 8.66. The lowest BCUT2D eigenvalue weighted by Gasteiger charge is -2.13. The maximum absolute atomic E-state index is 6.25. The van der Waals surface area contributed by atoms with Crippen LogP contribution in [0.4, 0.5) is 0 Å². The first-order valence-corrected chi connectivity index (χ1v) is 6.28. The molecule has 0 aliphatic rings. The fraction of sp³-hybridized carbons (Fsp3) is 0.333. The van der Waals surface area contributed by atoms with Crippen molar-refractivity contribution in [2.45, 2.75) is 26.3 Å². The van der Waals surface area contributed by atoms with Gasteiger partial charge in [-0.2, -0.15) is 10.2 Å². The molecule has 0 aliphatic heterocycles. The number of aromatic nitrogens is 2. The predicted octanol–water partition coefficient (Wildman–Crippen LogP) is 2.72. The van der Waals surface area contributed by atoms with Gasteiger partial charge in [-0.3, -0.25) is 0 Å². The quantitative estimate of drug-likeness (QED) is 0.895. The number of benzene rings is 1. The summed E-state index contributed by atoms with van der Waals surface area (Å²) >= 11 is 0. The molecule has 2 N–H and O–H groups in total. The van der Waals surface area contributed by atoms with E-state index in [9.17, 15) is 0 Å². The van der Waals surface area contributed by atoms with Crippen LogP contribution < -0.4 is 5.73 Å². The maximum Gasteiger partial charge on any atom is 0.0568 e. The molecular weight excluding hydrogens is 222 g/mol. The van der Waals surface area contributed by atoms with E-state index in [2.05, 4.69) is 48.3 Å². The topological polar surface area (TPSA) is 51.8 Å². The molecule has 94 valence electrons. The SMILES string of the molecule is CC(C)Cc1cccc(C(N)c2ccnnc2)c1. The van der Waals surface area contributed by atoms with E-state index in [1.807, 2.05) is 6.07 Å². The molecule has 0 amide bonds. The summed E-state index contributed by atoms with van der Waals surface area (Å²) in [4.78, 5) is 0. The molecule has 18 heavy (non-hydrogen) atoms. The van der Waals surface area contributed by atoms with E-state index < -0.39 is 0 Å². The smallest absolute Gasteiger partial charge is 0.0568 e. The molecule has 0 aliphatic carbocycles. The highest BCUT2D eigenvalue weighted by Crippen LogP contribution is 2.20. The molecule has 0 bridgehead atoms. The van der Waals surface area contributed by atoms with Crippen molar-refractivity contribution in [2.75, 3.05) is 0 Å². The maximum atomic E-state index is 6.25. The van der Waals surface area contributed by atoms with Gasteiger partial charge in [-0.05, 0) is 35.1 Å². The Balaban J connectivity index is 2.23. The summed E-state index contributed by atoms with van der Waals surface area (Å²) in [5.41, 5.74) is 9.70. The Bertz CT molecular complexity index is 494. The lowest BCUT2D eigenvalue weighted by Crippen LogP contribution is -2.12. The Labute approximate surface area is 108 Å². The Hall–Kier alpha value is -1.74. The molecular formula is C15H19N3. The number of hydrogen-bond donors (Lipinski definition) is 1. The molecule has 0 saturated carbocycles. The van der Waals surface area contributed by atoms with Crippen molar-refractivity contribution in [1.29, 1.82) is 0 Å². The van der Waals surface area contributed by atoms with Crippen LogP contribution in [-0.4, -0.2) is 10.2 Å². The van der Waals surface area contributed by atoms with Gasteiger partial charge in [-0.25, -0.2) is 0 Å². The van der Waals surface area contributed by atoms with Gasteiger partial charge in [0, 0.05) is 6.20 Å². The highest BCUT2D eigenvalue weighted by molar-refractivity contribution is 5.32.